The lowest BCUT2D eigenvalue weighted by atomic mass is 10.1. The molecule has 6 heteroatoms. The lowest BCUT2D eigenvalue weighted by Gasteiger charge is -2.10. The Morgan fingerprint density at radius 3 is 2.61 bits per heavy atom. The molecular weight excluding hydrogens is 330 g/mol. The van der Waals surface area contributed by atoms with Crippen molar-refractivity contribution in [3.8, 4) is 0 Å². The molecule has 2 N–H and O–H groups in total. The molecule has 1 heterocycles. The molecule has 0 atom stereocenters. The van der Waals surface area contributed by atoms with Crippen molar-refractivity contribution in [2.24, 2.45) is 0 Å². The molecule has 0 aliphatic heterocycles. The molecule has 0 saturated carbocycles. The van der Waals surface area contributed by atoms with Crippen molar-refractivity contribution in [2.45, 2.75) is 0 Å². The van der Waals surface area contributed by atoms with Crippen LogP contribution in [0.5, 0.6) is 0 Å². The van der Waals surface area contributed by atoms with Crippen molar-refractivity contribution in [1.29, 1.82) is 0 Å². The number of fused-ring (bicyclic) bond motifs is 1. The molecule has 0 saturated heterocycles. The summed E-state index contributed by atoms with van der Waals surface area (Å²) in [6.45, 7) is 0. The number of carbonyl (C=O) groups excluding carboxylic acids is 1. The molecule has 1 aromatic heterocycles. The van der Waals surface area contributed by atoms with Gasteiger partial charge in [-0.05, 0) is 47.3 Å². The molecule has 1 amide bonds. The zero-order valence-electron chi connectivity index (χ0n) is 11.9. The van der Waals surface area contributed by atoms with Gasteiger partial charge in [0.05, 0.1) is 5.69 Å². The van der Waals surface area contributed by atoms with Gasteiger partial charge in [-0.15, -0.1) is 0 Å². The zero-order valence-corrected chi connectivity index (χ0v) is 13.5. The first-order valence-corrected chi connectivity index (χ1v) is 7.64. The first-order chi connectivity index (χ1) is 11.1. The number of benzene rings is 2. The average molecular weight is 342 g/mol. The van der Waals surface area contributed by atoms with Gasteiger partial charge in [0.25, 0.3) is 5.91 Å². The topological polar surface area (TPSA) is 54.0 Å². The first kappa shape index (κ1) is 15.4. The van der Waals surface area contributed by atoms with Gasteiger partial charge in [-0.25, -0.2) is 4.98 Å². The summed E-state index contributed by atoms with van der Waals surface area (Å²) in [6, 6.07) is 16.8. The van der Waals surface area contributed by atoms with E-state index in [0.29, 0.717) is 11.3 Å². The van der Waals surface area contributed by atoms with Crippen molar-refractivity contribution < 1.29 is 4.79 Å². The molecule has 114 valence electrons. The van der Waals surface area contributed by atoms with Crippen molar-refractivity contribution in [3.05, 3.63) is 71.5 Å². The van der Waals surface area contributed by atoms with E-state index in [2.05, 4.69) is 15.6 Å². The third-order valence-electron chi connectivity index (χ3n) is 3.25. The second-order valence-electron chi connectivity index (χ2n) is 4.81. The number of carbonyl (C=O) groups is 1. The van der Waals surface area contributed by atoms with E-state index in [1.807, 2.05) is 36.4 Å². The van der Waals surface area contributed by atoms with Gasteiger partial charge in [-0.3, -0.25) is 10.1 Å². The molecule has 0 unspecified atom stereocenters. The van der Waals surface area contributed by atoms with Crippen molar-refractivity contribution in [2.75, 3.05) is 5.32 Å². The van der Waals surface area contributed by atoms with Gasteiger partial charge < -0.3 is 5.32 Å². The fourth-order valence-electron chi connectivity index (χ4n) is 2.14. The van der Waals surface area contributed by atoms with E-state index < -0.39 is 0 Å². The molecule has 0 spiro atoms. The minimum absolute atomic E-state index is 0.165. The SMILES string of the molecule is O=C(NC(=S)Nc1cccnc1Cl)c1ccc2ccccc2c1. The van der Waals surface area contributed by atoms with Gasteiger partial charge in [0.2, 0.25) is 0 Å². The highest BCUT2D eigenvalue weighted by Crippen LogP contribution is 2.18. The predicted octanol–water partition coefficient (Wildman–Crippen LogP) is 4.02. The summed E-state index contributed by atoms with van der Waals surface area (Å²) in [4.78, 5) is 16.2. The van der Waals surface area contributed by atoms with Crippen LogP contribution in [0.25, 0.3) is 10.8 Å². The number of hydrogen-bond acceptors (Lipinski definition) is 3. The molecule has 0 fully saturated rings. The Morgan fingerprint density at radius 2 is 1.83 bits per heavy atom. The number of nitrogens with one attached hydrogen (secondary N) is 2. The summed E-state index contributed by atoms with van der Waals surface area (Å²) in [5, 5.41) is 8.01. The highest BCUT2D eigenvalue weighted by atomic mass is 35.5. The number of rotatable bonds is 2. The Labute approximate surface area is 143 Å². The number of anilines is 1. The standard InChI is InChI=1S/C17H12ClN3OS/c18-15-14(6-3-9-19-15)20-17(23)21-16(22)13-8-7-11-4-1-2-5-12(11)10-13/h1-10H,(H2,20,21,22,23). The van der Waals surface area contributed by atoms with Crippen LogP contribution in [-0.2, 0) is 0 Å². The number of aromatic nitrogens is 1. The van der Waals surface area contributed by atoms with Crippen LogP contribution in [0.1, 0.15) is 10.4 Å². The van der Waals surface area contributed by atoms with Crippen LogP contribution in [0.4, 0.5) is 5.69 Å². The molecule has 2 aromatic carbocycles. The quantitative estimate of drug-likeness (QED) is 0.546. The molecule has 0 aliphatic rings. The highest BCUT2D eigenvalue weighted by molar-refractivity contribution is 7.80. The van der Waals surface area contributed by atoms with E-state index in [0.717, 1.165) is 10.8 Å². The van der Waals surface area contributed by atoms with Crippen molar-refractivity contribution in [1.82, 2.24) is 10.3 Å². The third kappa shape index (κ3) is 3.64. The smallest absolute Gasteiger partial charge is 0.257 e. The monoisotopic (exact) mass is 341 g/mol. The molecule has 23 heavy (non-hydrogen) atoms. The number of amides is 1. The number of thiocarbonyl (C=S) groups is 1. The average Bonchev–Trinajstić information content (AvgIpc) is 2.56. The molecule has 3 rings (SSSR count). The lowest BCUT2D eigenvalue weighted by molar-refractivity contribution is 0.0978. The van der Waals surface area contributed by atoms with Crippen molar-refractivity contribution in [3.63, 3.8) is 0 Å². The summed E-state index contributed by atoms with van der Waals surface area (Å²) in [6.07, 6.45) is 1.57. The van der Waals surface area contributed by atoms with Crippen LogP contribution in [-0.4, -0.2) is 16.0 Å². The second-order valence-corrected chi connectivity index (χ2v) is 5.58. The van der Waals surface area contributed by atoms with E-state index in [-0.39, 0.29) is 16.2 Å². The van der Waals surface area contributed by atoms with E-state index in [9.17, 15) is 4.79 Å². The molecule has 0 bridgehead atoms. The summed E-state index contributed by atoms with van der Waals surface area (Å²) in [5.74, 6) is -0.284. The van der Waals surface area contributed by atoms with Crippen molar-refractivity contribution >= 4 is 51.3 Å². The molecular formula is C17H12ClN3OS. The van der Waals surface area contributed by atoms with Crippen LogP contribution < -0.4 is 10.6 Å². The van der Waals surface area contributed by atoms with E-state index >= 15 is 0 Å². The van der Waals surface area contributed by atoms with Gasteiger partial charge in [0.15, 0.2) is 10.3 Å². The molecule has 0 radical (unpaired) electrons. The number of hydrogen-bond donors (Lipinski definition) is 2. The Hall–Kier alpha value is -2.50. The zero-order chi connectivity index (χ0) is 16.2. The van der Waals surface area contributed by atoms with E-state index in [4.69, 9.17) is 23.8 Å². The first-order valence-electron chi connectivity index (χ1n) is 6.85. The van der Waals surface area contributed by atoms with Gasteiger partial charge in [0, 0.05) is 11.8 Å². The summed E-state index contributed by atoms with van der Waals surface area (Å²) < 4.78 is 0. The largest absolute Gasteiger partial charge is 0.330 e. The Bertz CT molecular complexity index is 898. The Kier molecular flexibility index (Phi) is 4.50. The highest BCUT2D eigenvalue weighted by Gasteiger charge is 2.10. The predicted molar refractivity (Wildman–Crippen MR) is 96.9 cm³/mol. The van der Waals surface area contributed by atoms with Gasteiger partial charge in [-0.2, -0.15) is 0 Å². The summed E-state index contributed by atoms with van der Waals surface area (Å²) in [5.41, 5.74) is 1.07. The minimum atomic E-state index is -0.284. The number of pyridine rings is 1. The maximum Gasteiger partial charge on any atom is 0.257 e. The van der Waals surface area contributed by atoms with Gasteiger partial charge in [-0.1, -0.05) is 41.9 Å². The number of halogens is 1. The Morgan fingerprint density at radius 1 is 1.04 bits per heavy atom. The van der Waals surface area contributed by atoms with E-state index in [1.54, 1.807) is 24.4 Å². The molecule has 0 aliphatic carbocycles. The van der Waals surface area contributed by atoms with Crippen LogP contribution in [0, 0.1) is 0 Å². The number of nitrogens with zero attached hydrogens (tertiary/aromatic N) is 1. The normalized spacial score (nSPS) is 10.3. The fraction of sp³-hybridized carbons (Fsp3) is 0. The summed E-state index contributed by atoms with van der Waals surface area (Å²) in [7, 11) is 0. The van der Waals surface area contributed by atoms with Crippen LogP contribution >= 0.6 is 23.8 Å². The minimum Gasteiger partial charge on any atom is -0.330 e. The lowest BCUT2D eigenvalue weighted by Crippen LogP contribution is -2.34. The fourth-order valence-corrected chi connectivity index (χ4v) is 2.51. The summed E-state index contributed by atoms with van der Waals surface area (Å²) >= 11 is 11.1. The Balaban J connectivity index is 1.72. The molecule has 3 aromatic rings. The van der Waals surface area contributed by atoms with Gasteiger partial charge >= 0.3 is 0 Å². The van der Waals surface area contributed by atoms with E-state index in [1.165, 1.54) is 0 Å². The maximum absolute atomic E-state index is 12.3. The third-order valence-corrected chi connectivity index (χ3v) is 3.75. The van der Waals surface area contributed by atoms with Crippen LogP contribution in [0.3, 0.4) is 0 Å². The van der Waals surface area contributed by atoms with Crippen LogP contribution in [0.15, 0.2) is 60.8 Å². The maximum atomic E-state index is 12.3. The second kappa shape index (κ2) is 6.73. The van der Waals surface area contributed by atoms with Crippen LogP contribution in [0.2, 0.25) is 5.15 Å². The van der Waals surface area contributed by atoms with Gasteiger partial charge in [0.1, 0.15) is 0 Å². The molecule has 4 nitrogen and oxygen atoms in total.